The second-order valence-electron chi connectivity index (χ2n) is 10.3. The van der Waals surface area contributed by atoms with E-state index in [1.165, 1.54) is 29.8 Å². The number of carboxylic acid groups (broad SMARTS) is 1. The lowest BCUT2D eigenvalue weighted by molar-refractivity contribution is 0.0193. The minimum Gasteiger partial charge on any atom is -0.478 e. The van der Waals surface area contributed by atoms with Gasteiger partial charge in [-0.15, -0.1) is 0 Å². The minimum absolute atomic E-state index is 0.0660. The number of carbonyl (C=O) groups excluding carboxylic acids is 1. The maximum Gasteiger partial charge on any atom is 0.337 e. The molecule has 1 saturated heterocycles. The number of halogens is 1. The molecule has 9 heteroatoms. The van der Waals surface area contributed by atoms with Gasteiger partial charge in [0.25, 0.3) is 5.91 Å². The van der Waals surface area contributed by atoms with Crippen LogP contribution in [0.3, 0.4) is 0 Å². The van der Waals surface area contributed by atoms with Gasteiger partial charge < -0.3 is 24.4 Å². The molecule has 3 aliphatic rings. The van der Waals surface area contributed by atoms with Gasteiger partial charge in [0, 0.05) is 62.0 Å². The van der Waals surface area contributed by atoms with Crippen LogP contribution in [0, 0.1) is 5.82 Å². The summed E-state index contributed by atoms with van der Waals surface area (Å²) in [6, 6.07) is 13.6. The summed E-state index contributed by atoms with van der Waals surface area (Å²) in [5, 5.41) is 20.0. The number of hydrogen-bond acceptors (Lipinski definition) is 5. The van der Waals surface area contributed by atoms with Crippen molar-refractivity contribution in [3.05, 3.63) is 82.3 Å². The summed E-state index contributed by atoms with van der Waals surface area (Å²) >= 11 is 0. The molecule has 4 heterocycles. The third kappa shape index (κ3) is 4.51. The van der Waals surface area contributed by atoms with Gasteiger partial charge in [-0.05, 0) is 41.8 Å². The lowest BCUT2D eigenvalue weighted by Crippen LogP contribution is -2.52. The van der Waals surface area contributed by atoms with Crippen molar-refractivity contribution in [2.45, 2.75) is 38.1 Å². The van der Waals surface area contributed by atoms with Crippen molar-refractivity contribution in [2.24, 2.45) is 0 Å². The molecule has 0 aliphatic carbocycles. The highest BCUT2D eigenvalue weighted by molar-refractivity contribution is 6.02. The minimum atomic E-state index is -1.11. The van der Waals surface area contributed by atoms with E-state index in [1.54, 1.807) is 4.57 Å². The summed E-state index contributed by atoms with van der Waals surface area (Å²) < 4.78 is 21.8. The van der Waals surface area contributed by atoms with E-state index >= 15 is 0 Å². The largest absolute Gasteiger partial charge is 0.478 e. The Balaban J connectivity index is 1.40. The summed E-state index contributed by atoms with van der Waals surface area (Å²) in [4.78, 5) is 30.4. The first-order valence-corrected chi connectivity index (χ1v) is 13.0. The molecule has 198 valence electrons. The normalized spacial score (nSPS) is 21.3. The molecule has 0 saturated carbocycles. The molecular formula is C29H30FN3O5. The maximum atomic E-state index is 14.6. The zero-order valence-corrected chi connectivity index (χ0v) is 21.0. The van der Waals surface area contributed by atoms with Gasteiger partial charge in [-0.2, -0.15) is 0 Å². The molecule has 2 aromatic carbocycles. The fraction of sp³-hybridized carbons (Fsp3) is 0.379. The second-order valence-corrected chi connectivity index (χ2v) is 10.3. The third-order valence-electron chi connectivity index (χ3n) is 7.94. The number of rotatable bonds is 5. The van der Waals surface area contributed by atoms with Gasteiger partial charge in [0.2, 0.25) is 0 Å². The number of hydrogen-bond donors (Lipinski definition) is 2. The van der Waals surface area contributed by atoms with Crippen LogP contribution < -0.4 is 0 Å². The molecule has 38 heavy (non-hydrogen) atoms. The van der Waals surface area contributed by atoms with E-state index in [4.69, 9.17) is 4.74 Å². The lowest BCUT2D eigenvalue weighted by atomic mass is 9.92. The molecule has 0 radical (unpaired) electrons. The van der Waals surface area contributed by atoms with Crippen molar-refractivity contribution in [3.63, 3.8) is 0 Å². The molecule has 2 atom stereocenters. The highest BCUT2D eigenvalue weighted by Gasteiger charge is 2.35. The van der Waals surface area contributed by atoms with Gasteiger partial charge in [0.15, 0.2) is 0 Å². The van der Waals surface area contributed by atoms with Crippen molar-refractivity contribution >= 4 is 11.9 Å². The van der Waals surface area contributed by atoms with Gasteiger partial charge in [0.1, 0.15) is 5.82 Å². The Hall–Kier alpha value is -3.53. The Morgan fingerprint density at radius 1 is 1.00 bits per heavy atom. The van der Waals surface area contributed by atoms with Gasteiger partial charge in [-0.3, -0.25) is 9.69 Å². The zero-order valence-electron chi connectivity index (χ0n) is 21.0. The molecule has 1 aromatic heterocycles. The Bertz CT molecular complexity index is 1400. The summed E-state index contributed by atoms with van der Waals surface area (Å²) in [5.41, 5.74) is 3.94. The van der Waals surface area contributed by atoms with E-state index in [2.05, 4.69) is 11.0 Å². The number of fused-ring (bicyclic) bond motifs is 2. The van der Waals surface area contributed by atoms with Crippen molar-refractivity contribution in [2.75, 3.05) is 32.8 Å². The second kappa shape index (κ2) is 9.98. The number of morpholine rings is 1. The fourth-order valence-corrected chi connectivity index (χ4v) is 6.06. The Kier molecular flexibility index (Phi) is 6.51. The van der Waals surface area contributed by atoms with Crippen LogP contribution in [0.4, 0.5) is 4.39 Å². The number of carboxylic acids is 1. The predicted molar refractivity (Wildman–Crippen MR) is 138 cm³/mol. The van der Waals surface area contributed by atoms with Crippen LogP contribution in [-0.2, 0) is 30.7 Å². The summed E-state index contributed by atoms with van der Waals surface area (Å²) in [7, 11) is 0. The summed E-state index contributed by atoms with van der Waals surface area (Å²) in [6.45, 7) is 4.27. The van der Waals surface area contributed by atoms with Crippen molar-refractivity contribution in [3.8, 4) is 11.3 Å². The molecule has 1 fully saturated rings. The maximum absolute atomic E-state index is 14.6. The quantitative estimate of drug-likeness (QED) is 0.539. The number of aliphatic hydroxyl groups is 1. The molecule has 0 unspecified atom stereocenters. The molecule has 1 amide bonds. The number of aromatic nitrogens is 1. The number of aromatic carboxylic acids is 1. The van der Waals surface area contributed by atoms with Crippen molar-refractivity contribution < 1.29 is 28.9 Å². The Labute approximate surface area is 219 Å². The smallest absolute Gasteiger partial charge is 0.337 e. The summed E-state index contributed by atoms with van der Waals surface area (Å²) in [6.07, 6.45) is 0.184. The lowest BCUT2D eigenvalue weighted by Gasteiger charge is -2.40. The molecule has 3 aromatic rings. The van der Waals surface area contributed by atoms with E-state index in [1.807, 2.05) is 23.1 Å². The fourth-order valence-electron chi connectivity index (χ4n) is 6.06. The van der Waals surface area contributed by atoms with Crippen LogP contribution in [-0.4, -0.2) is 81.5 Å². The highest BCUT2D eigenvalue weighted by atomic mass is 19.1. The average Bonchev–Trinajstić information content (AvgIpc) is 3.45. The number of aliphatic hydroxyl groups excluding tert-OH is 1. The van der Waals surface area contributed by atoms with E-state index in [0.717, 1.165) is 18.7 Å². The molecule has 3 aliphatic heterocycles. The number of nitrogens with zero attached hydrogens (tertiary/aromatic N) is 3. The van der Waals surface area contributed by atoms with Crippen LogP contribution in [0.15, 0.2) is 48.5 Å². The highest BCUT2D eigenvalue weighted by Crippen LogP contribution is 2.35. The van der Waals surface area contributed by atoms with E-state index in [9.17, 15) is 24.2 Å². The zero-order chi connectivity index (χ0) is 26.4. The molecule has 6 rings (SSSR count). The van der Waals surface area contributed by atoms with Crippen molar-refractivity contribution in [1.82, 2.24) is 14.4 Å². The van der Waals surface area contributed by atoms with Crippen LogP contribution >= 0.6 is 0 Å². The number of benzene rings is 2. The first-order chi connectivity index (χ1) is 18.4. The SMILES string of the molecule is O=C(O)c1cc(-c2cc(F)ccc2C(=O)N2Cc3ccccc3C[C@H]2CN2CCOCC2)n2c1C[C@@H](O)C2. The molecule has 8 nitrogen and oxygen atoms in total. The van der Waals surface area contributed by atoms with Gasteiger partial charge in [0.05, 0.1) is 30.6 Å². The van der Waals surface area contributed by atoms with E-state index < -0.39 is 17.9 Å². The average molecular weight is 520 g/mol. The first kappa shape index (κ1) is 24.8. The van der Waals surface area contributed by atoms with Crippen LogP contribution in [0.2, 0.25) is 0 Å². The predicted octanol–water partition coefficient (Wildman–Crippen LogP) is 2.81. The third-order valence-corrected chi connectivity index (χ3v) is 7.94. The number of ether oxygens (including phenoxy) is 1. The molecule has 0 spiro atoms. The van der Waals surface area contributed by atoms with Crippen LogP contribution in [0.5, 0.6) is 0 Å². The number of carbonyl (C=O) groups is 2. The van der Waals surface area contributed by atoms with Crippen LogP contribution in [0.25, 0.3) is 11.3 Å². The monoisotopic (exact) mass is 519 g/mol. The molecule has 0 bridgehead atoms. The first-order valence-electron chi connectivity index (χ1n) is 13.0. The van der Waals surface area contributed by atoms with Gasteiger partial charge >= 0.3 is 5.97 Å². The Morgan fingerprint density at radius 2 is 1.76 bits per heavy atom. The Morgan fingerprint density at radius 3 is 2.53 bits per heavy atom. The molecular weight excluding hydrogens is 489 g/mol. The van der Waals surface area contributed by atoms with Crippen molar-refractivity contribution in [1.29, 1.82) is 0 Å². The van der Waals surface area contributed by atoms with E-state index in [-0.39, 0.29) is 30.5 Å². The number of amides is 1. The summed E-state index contributed by atoms with van der Waals surface area (Å²) in [5.74, 6) is -1.85. The van der Waals surface area contributed by atoms with E-state index in [0.29, 0.717) is 55.2 Å². The van der Waals surface area contributed by atoms with Gasteiger partial charge in [-0.25, -0.2) is 9.18 Å². The molecule has 2 N–H and O–H groups in total. The van der Waals surface area contributed by atoms with Gasteiger partial charge in [-0.1, -0.05) is 24.3 Å². The topological polar surface area (TPSA) is 95.2 Å². The van der Waals surface area contributed by atoms with Crippen LogP contribution in [0.1, 0.15) is 37.5 Å². The standard InChI is InChI=1S/C29H30FN3O5/c30-20-5-6-23(24(12-20)27-14-25(29(36)37)26-13-22(34)17-33(26)27)28(35)32-15-19-4-2-1-3-18(19)11-21(32)16-31-7-9-38-10-8-31/h1-6,12,14,21-22,34H,7-11,13,15-17H2,(H,36,37)/t21-,22+/m0/s1.